The molecule has 0 spiro atoms. The minimum atomic E-state index is -4.18. The molecule has 1 aliphatic rings. The van der Waals surface area contributed by atoms with Crippen molar-refractivity contribution in [1.29, 1.82) is 0 Å². The first kappa shape index (κ1) is 30.2. The summed E-state index contributed by atoms with van der Waals surface area (Å²) in [5.74, 6) is -1.25. The Balaban J connectivity index is 1.65. The zero-order valence-corrected chi connectivity index (χ0v) is 24.2. The van der Waals surface area contributed by atoms with E-state index in [4.69, 9.17) is 0 Å². The molecule has 1 atom stereocenters. The molecule has 1 N–H and O–H groups in total. The minimum Gasteiger partial charge on any atom is -0.352 e. The second-order valence-electron chi connectivity index (χ2n) is 10.4. The van der Waals surface area contributed by atoms with Crippen LogP contribution in [0.25, 0.3) is 0 Å². The Kier molecular flexibility index (Phi) is 10.5. The Morgan fingerprint density at radius 1 is 0.902 bits per heavy atom. The van der Waals surface area contributed by atoms with Crippen molar-refractivity contribution < 1.29 is 22.4 Å². The van der Waals surface area contributed by atoms with Gasteiger partial charge in [-0.3, -0.25) is 13.9 Å². The van der Waals surface area contributed by atoms with E-state index in [2.05, 4.69) is 5.32 Å². The van der Waals surface area contributed by atoms with Crippen molar-refractivity contribution in [3.05, 3.63) is 96.3 Å². The van der Waals surface area contributed by atoms with Crippen molar-refractivity contribution in [3.8, 4) is 0 Å². The summed E-state index contributed by atoms with van der Waals surface area (Å²) in [4.78, 5) is 29.1. The van der Waals surface area contributed by atoms with Crippen molar-refractivity contribution in [3.63, 3.8) is 0 Å². The van der Waals surface area contributed by atoms with Gasteiger partial charge < -0.3 is 10.2 Å². The van der Waals surface area contributed by atoms with Crippen LogP contribution in [0.1, 0.15) is 51.0 Å². The molecule has 3 aromatic carbocycles. The van der Waals surface area contributed by atoms with Crippen LogP contribution in [0.4, 0.5) is 10.1 Å². The van der Waals surface area contributed by atoms with Crippen LogP contribution in [0.3, 0.4) is 0 Å². The Morgan fingerprint density at radius 3 is 2.12 bits per heavy atom. The summed E-state index contributed by atoms with van der Waals surface area (Å²) in [7, 11) is -4.18. The van der Waals surface area contributed by atoms with Crippen LogP contribution in [0.2, 0.25) is 0 Å². The average Bonchev–Trinajstić information content (AvgIpc) is 2.99. The molecule has 7 nitrogen and oxygen atoms in total. The Morgan fingerprint density at radius 2 is 1.51 bits per heavy atom. The van der Waals surface area contributed by atoms with Crippen LogP contribution in [-0.4, -0.2) is 50.3 Å². The fourth-order valence-corrected chi connectivity index (χ4v) is 6.73. The first-order valence-electron chi connectivity index (χ1n) is 14.3. The maximum atomic E-state index is 14.1. The molecule has 9 heteroatoms. The lowest BCUT2D eigenvalue weighted by Crippen LogP contribution is -2.54. The largest absolute Gasteiger partial charge is 0.352 e. The fourth-order valence-electron chi connectivity index (χ4n) is 5.30. The number of benzene rings is 3. The van der Waals surface area contributed by atoms with E-state index < -0.39 is 34.3 Å². The molecule has 0 aromatic heterocycles. The zero-order chi connectivity index (χ0) is 29.2. The molecule has 0 bridgehead atoms. The molecular formula is C32H38FN3O4S. The van der Waals surface area contributed by atoms with Gasteiger partial charge in [0.2, 0.25) is 11.8 Å². The maximum Gasteiger partial charge on any atom is 0.264 e. The first-order chi connectivity index (χ1) is 19.8. The van der Waals surface area contributed by atoms with Gasteiger partial charge in [0.05, 0.1) is 10.6 Å². The lowest BCUT2D eigenvalue weighted by Gasteiger charge is -2.34. The van der Waals surface area contributed by atoms with Crippen molar-refractivity contribution >= 4 is 27.5 Å². The number of carbonyl (C=O) groups excluding carboxylic acids is 2. The normalized spacial score (nSPS) is 14.7. The molecule has 41 heavy (non-hydrogen) atoms. The van der Waals surface area contributed by atoms with Gasteiger partial charge in [-0.2, -0.15) is 0 Å². The Labute approximate surface area is 242 Å². The highest BCUT2D eigenvalue weighted by Gasteiger charge is 2.34. The summed E-state index contributed by atoms with van der Waals surface area (Å²) in [6.07, 6.45) is 5.97. The number of nitrogens with one attached hydrogen (secondary N) is 1. The second-order valence-corrected chi connectivity index (χ2v) is 12.3. The third-order valence-electron chi connectivity index (χ3n) is 7.55. The topological polar surface area (TPSA) is 86.8 Å². The molecular weight excluding hydrogens is 541 g/mol. The van der Waals surface area contributed by atoms with Crippen LogP contribution in [0, 0.1) is 5.82 Å². The van der Waals surface area contributed by atoms with Crippen LogP contribution in [0.5, 0.6) is 0 Å². The SMILES string of the molecule is CC[C@@H](C(=O)NC1CCCCC1)N(CCc1ccccc1)C(=O)CN(c1ccc(F)cc1)S(=O)(=O)c1ccccc1. The number of sulfonamides is 1. The minimum absolute atomic E-state index is 0.00930. The summed E-state index contributed by atoms with van der Waals surface area (Å²) in [5.41, 5.74) is 1.16. The Hall–Kier alpha value is -3.72. The maximum absolute atomic E-state index is 14.1. The molecule has 0 aliphatic heterocycles. The van der Waals surface area contributed by atoms with Gasteiger partial charge >= 0.3 is 0 Å². The molecule has 0 saturated heterocycles. The number of hydrogen-bond donors (Lipinski definition) is 1. The lowest BCUT2D eigenvalue weighted by atomic mass is 9.95. The predicted molar refractivity (Wildman–Crippen MR) is 158 cm³/mol. The first-order valence-corrected chi connectivity index (χ1v) is 15.7. The molecule has 218 valence electrons. The van der Waals surface area contributed by atoms with E-state index >= 15 is 0 Å². The molecule has 0 heterocycles. The summed E-state index contributed by atoms with van der Waals surface area (Å²) in [6.45, 7) is 1.55. The number of halogens is 1. The van der Waals surface area contributed by atoms with Gasteiger partial charge in [-0.15, -0.1) is 0 Å². The summed E-state index contributed by atoms with van der Waals surface area (Å²) in [6, 6.07) is 21.8. The second kappa shape index (κ2) is 14.3. The molecule has 3 aromatic rings. The van der Waals surface area contributed by atoms with Crippen LogP contribution < -0.4 is 9.62 Å². The molecule has 0 radical (unpaired) electrons. The molecule has 4 rings (SSSR count). The van der Waals surface area contributed by atoms with Crippen LogP contribution in [0.15, 0.2) is 89.8 Å². The van der Waals surface area contributed by atoms with Gasteiger partial charge in [-0.05, 0) is 67.6 Å². The summed E-state index contributed by atoms with van der Waals surface area (Å²) < 4.78 is 42.3. The van der Waals surface area contributed by atoms with Crippen molar-refractivity contribution in [2.75, 3.05) is 17.4 Å². The van der Waals surface area contributed by atoms with Crippen molar-refractivity contribution in [1.82, 2.24) is 10.2 Å². The van der Waals surface area contributed by atoms with Gasteiger partial charge in [0, 0.05) is 12.6 Å². The monoisotopic (exact) mass is 579 g/mol. The van der Waals surface area contributed by atoms with E-state index in [0.717, 1.165) is 54.1 Å². The summed E-state index contributed by atoms with van der Waals surface area (Å²) in [5, 5.41) is 3.14. The third kappa shape index (κ3) is 7.94. The van der Waals surface area contributed by atoms with Crippen molar-refractivity contribution in [2.45, 2.75) is 68.8 Å². The van der Waals surface area contributed by atoms with Crippen LogP contribution in [-0.2, 0) is 26.0 Å². The van der Waals surface area contributed by atoms with Crippen molar-refractivity contribution in [2.24, 2.45) is 0 Å². The Bertz CT molecular complexity index is 1380. The quantitative estimate of drug-likeness (QED) is 0.315. The molecule has 1 saturated carbocycles. The highest BCUT2D eigenvalue weighted by Crippen LogP contribution is 2.25. The lowest BCUT2D eigenvalue weighted by molar-refractivity contribution is -0.140. The molecule has 1 fully saturated rings. The van der Waals surface area contributed by atoms with Gasteiger partial charge in [-0.1, -0.05) is 74.7 Å². The highest BCUT2D eigenvalue weighted by molar-refractivity contribution is 7.92. The number of anilines is 1. The predicted octanol–water partition coefficient (Wildman–Crippen LogP) is 5.32. The van der Waals surface area contributed by atoms with E-state index in [-0.39, 0.29) is 29.1 Å². The van der Waals surface area contributed by atoms with Crippen LogP contribution >= 0.6 is 0 Å². The van der Waals surface area contributed by atoms with Gasteiger partial charge in [-0.25, -0.2) is 12.8 Å². The average molecular weight is 580 g/mol. The molecule has 0 unspecified atom stereocenters. The van der Waals surface area contributed by atoms with E-state index in [1.165, 1.54) is 29.2 Å². The van der Waals surface area contributed by atoms with E-state index in [0.29, 0.717) is 12.8 Å². The fraction of sp³-hybridized carbons (Fsp3) is 0.375. The number of amides is 2. The number of hydrogen-bond acceptors (Lipinski definition) is 4. The van der Waals surface area contributed by atoms with E-state index in [9.17, 15) is 22.4 Å². The number of carbonyl (C=O) groups is 2. The van der Waals surface area contributed by atoms with Gasteiger partial charge in [0.1, 0.15) is 18.4 Å². The van der Waals surface area contributed by atoms with Gasteiger partial charge in [0.25, 0.3) is 10.0 Å². The number of nitrogens with zero attached hydrogens (tertiary/aromatic N) is 2. The smallest absolute Gasteiger partial charge is 0.264 e. The third-order valence-corrected chi connectivity index (χ3v) is 9.33. The molecule has 1 aliphatic carbocycles. The molecule has 2 amide bonds. The zero-order valence-electron chi connectivity index (χ0n) is 23.4. The standard InChI is InChI=1S/C32H38FN3O4S/c1-2-30(32(38)34-27-14-8-4-9-15-27)35(23-22-25-12-6-3-7-13-25)31(37)24-36(28-20-18-26(33)19-21-28)41(39,40)29-16-10-5-11-17-29/h3,5-7,10-13,16-21,27,30H,2,4,8-9,14-15,22-24H2,1H3,(H,34,38)/t30-/m0/s1. The summed E-state index contributed by atoms with van der Waals surface area (Å²) >= 11 is 0. The van der Waals surface area contributed by atoms with E-state index in [1.54, 1.807) is 18.2 Å². The van der Waals surface area contributed by atoms with E-state index in [1.807, 2.05) is 37.3 Å². The van der Waals surface area contributed by atoms with Gasteiger partial charge in [0.15, 0.2) is 0 Å². The highest BCUT2D eigenvalue weighted by atomic mass is 32.2. The number of rotatable bonds is 12.